The predicted molar refractivity (Wildman–Crippen MR) is 51.4 cm³/mol. The molecule has 1 aromatic rings. The Balaban J connectivity index is 2.51. The largest absolute Gasteiger partial charge is 0.477 e. The first-order chi connectivity index (χ1) is 6.74. The molecular weight excluding hydrogens is 184 g/mol. The van der Waals surface area contributed by atoms with Gasteiger partial charge in [0.2, 0.25) is 0 Å². The molecule has 5 heteroatoms. The molecule has 0 saturated carbocycles. The molecule has 0 saturated heterocycles. The number of carbonyl (C=O) groups is 1. The Hall–Kier alpha value is -1.62. The highest BCUT2D eigenvalue weighted by Crippen LogP contribution is 2.05. The lowest BCUT2D eigenvalue weighted by Gasteiger charge is -2.04. The average molecular weight is 196 g/mol. The lowest BCUT2D eigenvalue weighted by Crippen LogP contribution is -2.05. The van der Waals surface area contributed by atoms with Gasteiger partial charge in [0.1, 0.15) is 5.69 Å². The molecule has 0 aromatic carbocycles. The van der Waals surface area contributed by atoms with E-state index in [1.54, 1.807) is 6.07 Å². The van der Waals surface area contributed by atoms with Gasteiger partial charge in [0.05, 0.1) is 11.9 Å². The molecule has 1 aromatic heterocycles. The summed E-state index contributed by atoms with van der Waals surface area (Å²) in [5, 5.41) is 20.1. The van der Waals surface area contributed by atoms with Crippen molar-refractivity contribution >= 4 is 11.7 Å². The van der Waals surface area contributed by atoms with E-state index in [2.05, 4.69) is 10.3 Å². The molecule has 0 radical (unpaired) electrons. The van der Waals surface area contributed by atoms with Crippen molar-refractivity contribution in [3.63, 3.8) is 0 Å². The first kappa shape index (κ1) is 10.5. The zero-order valence-corrected chi connectivity index (χ0v) is 7.60. The maximum absolute atomic E-state index is 10.5. The third kappa shape index (κ3) is 3.02. The highest BCUT2D eigenvalue weighted by atomic mass is 16.4. The Morgan fingerprint density at radius 2 is 2.29 bits per heavy atom. The summed E-state index contributed by atoms with van der Waals surface area (Å²) in [5.74, 6) is -1.04. The van der Waals surface area contributed by atoms with Crippen molar-refractivity contribution in [2.45, 2.75) is 6.42 Å². The maximum Gasteiger partial charge on any atom is 0.354 e. The number of aliphatic hydroxyl groups excluding tert-OH is 1. The molecule has 3 N–H and O–H groups in total. The Kier molecular flexibility index (Phi) is 3.87. The summed E-state index contributed by atoms with van der Waals surface area (Å²) in [6.07, 6.45) is 2.11. The number of nitrogens with one attached hydrogen (secondary N) is 1. The van der Waals surface area contributed by atoms with E-state index in [0.29, 0.717) is 13.0 Å². The monoisotopic (exact) mass is 196 g/mol. The van der Waals surface area contributed by atoms with Gasteiger partial charge in [-0.05, 0) is 18.6 Å². The number of anilines is 1. The van der Waals surface area contributed by atoms with E-state index in [1.165, 1.54) is 12.3 Å². The molecule has 0 unspecified atom stereocenters. The summed E-state index contributed by atoms with van der Waals surface area (Å²) < 4.78 is 0. The van der Waals surface area contributed by atoms with Gasteiger partial charge in [0.15, 0.2) is 0 Å². The molecule has 0 aliphatic carbocycles. The molecular formula is C9H12N2O3. The van der Waals surface area contributed by atoms with Gasteiger partial charge in [-0.3, -0.25) is 0 Å². The SMILES string of the molecule is O=C(O)c1ccc(NCCCO)cn1. The summed E-state index contributed by atoms with van der Waals surface area (Å²) in [7, 11) is 0. The number of rotatable bonds is 5. The van der Waals surface area contributed by atoms with Crippen LogP contribution in [0.2, 0.25) is 0 Å². The summed E-state index contributed by atoms with van der Waals surface area (Å²) >= 11 is 0. The molecule has 0 bridgehead atoms. The van der Waals surface area contributed by atoms with Gasteiger partial charge in [0, 0.05) is 13.2 Å². The van der Waals surface area contributed by atoms with Crippen molar-refractivity contribution in [1.82, 2.24) is 4.98 Å². The van der Waals surface area contributed by atoms with Crippen LogP contribution in [0.25, 0.3) is 0 Å². The maximum atomic E-state index is 10.5. The zero-order valence-electron chi connectivity index (χ0n) is 7.60. The Morgan fingerprint density at radius 1 is 1.50 bits per heavy atom. The lowest BCUT2D eigenvalue weighted by atomic mass is 10.3. The molecule has 0 fully saturated rings. The second kappa shape index (κ2) is 5.18. The van der Waals surface area contributed by atoms with Crippen LogP contribution in [0.3, 0.4) is 0 Å². The van der Waals surface area contributed by atoms with E-state index >= 15 is 0 Å². The van der Waals surface area contributed by atoms with Crippen LogP contribution < -0.4 is 5.32 Å². The van der Waals surface area contributed by atoms with Crippen LogP contribution in [0.5, 0.6) is 0 Å². The third-order valence-electron chi connectivity index (χ3n) is 1.65. The fraction of sp³-hybridized carbons (Fsp3) is 0.333. The molecule has 0 atom stereocenters. The molecule has 0 aliphatic rings. The van der Waals surface area contributed by atoms with Crippen LogP contribution in [-0.4, -0.2) is 34.3 Å². The average Bonchev–Trinajstić information content (AvgIpc) is 2.19. The third-order valence-corrected chi connectivity index (χ3v) is 1.65. The highest BCUT2D eigenvalue weighted by molar-refractivity contribution is 5.85. The van der Waals surface area contributed by atoms with Gasteiger partial charge in [-0.2, -0.15) is 0 Å². The van der Waals surface area contributed by atoms with Crippen molar-refractivity contribution < 1.29 is 15.0 Å². The number of aromatic nitrogens is 1. The highest BCUT2D eigenvalue weighted by Gasteiger charge is 2.02. The molecule has 1 heterocycles. The fourth-order valence-electron chi connectivity index (χ4n) is 0.937. The van der Waals surface area contributed by atoms with Crippen molar-refractivity contribution in [3.8, 4) is 0 Å². The van der Waals surface area contributed by atoms with E-state index in [1.807, 2.05) is 0 Å². The van der Waals surface area contributed by atoms with Crippen LogP contribution in [0.15, 0.2) is 18.3 Å². The van der Waals surface area contributed by atoms with Crippen LogP contribution in [0, 0.1) is 0 Å². The van der Waals surface area contributed by atoms with Gasteiger partial charge >= 0.3 is 5.97 Å². The van der Waals surface area contributed by atoms with Crippen LogP contribution in [0.1, 0.15) is 16.9 Å². The Bertz CT molecular complexity index is 297. The minimum Gasteiger partial charge on any atom is -0.477 e. The topological polar surface area (TPSA) is 82.5 Å². The van der Waals surface area contributed by atoms with E-state index in [9.17, 15) is 4.79 Å². The smallest absolute Gasteiger partial charge is 0.354 e. The Labute approximate surface area is 81.4 Å². The number of carboxylic acids is 1. The fourth-order valence-corrected chi connectivity index (χ4v) is 0.937. The summed E-state index contributed by atoms with van der Waals surface area (Å²) in [5.41, 5.74) is 0.779. The number of pyridine rings is 1. The normalized spacial score (nSPS) is 9.79. The Morgan fingerprint density at radius 3 is 2.79 bits per heavy atom. The zero-order chi connectivity index (χ0) is 10.4. The van der Waals surface area contributed by atoms with Gasteiger partial charge < -0.3 is 15.5 Å². The summed E-state index contributed by atoms with van der Waals surface area (Å²) in [6, 6.07) is 3.08. The molecule has 76 valence electrons. The van der Waals surface area contributed by atoms with Gasteiger partial charge in [-0.15, -0.1) is 0 Å². The van der Waals surface area contributed by atoms with Crippen molar-refractivity contribution in [1.29, 1.82) is 0 Å². The molecule has 0 aliphatic heterocycles. The molecule has 0 spiro atoms. The lowest BCUT2D eigenvalue weighted by molar-refractivity contribution is 0.0690. The van der Waals surface area contributed by atoms with Crippen LogP contribution in [0.4, 0.5) is 5.69 Å². The van der Waals surface area contributed by atoms with Crippen molar-refractivity contribution in [2.24, 2.45) is 0 Å². The van der Waals surface area contributed by atoms with E-state index in [-0.39, 0.29) is 12.3 Å². The molecule has 1 rings (SSSR count). The van der Waals surface area contributed by atoms with Gasteiger partial charge in [-0.25, -0.2) is 9.78 Å². The van der Waals surface area contributed by atoms with E-state index in [4.69, 9.17) is 10.2 Å². The first-order valence-corrected chi connectivity index (χ1v) is 4.28. The minimum atomic E-state index is -1.04. The number of carboxylic acid groups (broad SMARTS) is 1. The number of nitrogens with zero attached hydrogens (tertiary/aromatic N) is 1. The molecule has 0 amide bonds. The van der Waals surface area contributed by atoms with Crippen LogP contribution >= 0.6 is 0 Å². The summed E-state index contributed by atoms with van der Waals surface area (Å²) in [4.78, 5) is 14.2. The first-order valence-electron chi connectivity index (χ1n) is 4.28. The standard InChI is InChI=1S/C9H12N2O3/c12-5-1-4-10-7-2-3-8(9(13)14)11-6-7/h2-3,6,10,12H,1,4-5H2,(H,13,14). The van der Waals surface area contributed by atoms with E-state index in [0.717, 1.165) is 5.69 Å². The number of aliphatic hydroxyl groups is 1. The second-order valence-corrected chi connectivity index (χ2v) is 2.74. The quantitative estimate of drug-likeness (QED) is 0.600. The molecule has 5 nitrogen and oxygen atoms in total. The second-order valence-electron chi connectivity index (χ2n) is 2.74. The van der Waals surface area contributed by atoms with Crippen molar-refractivity contribution in [2.75, 3.05) is 18.5 Å². The van der Waals surface area contributed by atoms with Gasteiger partial charge in [-0.1, -0.05) is 0 Å². The number of hydrogen-bond acceptors (Lipinski definition) is 4. The predicted octanol–water partition coefficient (Wildman–Crippen LogP) is 0.574. The number of aromatic carboxylic acids is 1. The van der Waals surface area contributed by atoms with Crippen LogP contribution in [-0.2, 0) is 0 Å². The van der Waals surface area contributed by atoms with Gasteiger partial charge in [0.25, 0.3) is 0 Å². The summed E-state index contributed by atoms with van der Waals surface area (Å²) in [6.45, 7) is 0.776. The van der Waals surface area contributed by atoms with E-state index < -0.39 is 5.97 Å². The number of hydrogen-bond donors (Lipinski definition) is 3. The minimum absolute atomic E-state index is 0.0257. The molecule has 14 heavy (non-hydrogen) atoms. The van der Waals surface area contributed by atoms with Crippen molar-refractivity contribution in [3.05, 3.63) is 24.0 Å².